The Bertz CT molecular complexity index is 865. The average molecular weight is 410 g/mol. The third-order valence-corrected chi connectivity index (χ3v) is 5.43. The summed E-state index contributed by atoms with van der Waals surface area (Å²) in [4.78, 5) is 23.9. The molecule has 1 aromatic carbocycles. The molecule has 1 N–H and O–H groups in total. The minimum atomic E-state index is -0.460. The van der Waals surface area contributed by atoms with E-state index in [0.29, 0.717) is 45.0 Å². The van der Waals surface area contributed by atoms with Gasteiger partial charge in [-0.1, -0.05) is 42.5 Å². The van der Waals surface area contributed by atoms with Crippen molar-refractivity contribution in [2.75, 3.05) is 6.61 Å². The predicted octanol–water partition coefficient (Wildman–Crippen LogP) is 4.23. The van der Waals surface area contributed by atoms with Gasteiger partial charge in [0.2, 0.25) is 5.91 Å². The van der Waals surface area contributed by atoms with Crippen LogP contribution in [-0.2, 0) is 16.0 Å². The lowest BCUT2D eigenvalue weighted by Crippen LogP contribution is -2.25. The second-order valence-electron chi connectivity index (χ2n) is 5.68. The van der Waals surface area contributed by atoms with Crippen LogP contribution in [0.5, 0.6) is 0 Å². The second kappa shape index (κ2) is 8.24. The van der Waals surface area contributed by atoms with Gasteiger partial charge in [0.15, 0.2) is 0 Å². The lowest BCUT2D eigenvalue weighted by Gasteiger charge is -2.07. The number of thiocarbonyl (C=S) groups is 1. The Morgan fingerprint density at radius 2 is 2.19 bits per heavy atom. The van der Waals surface area contributed by atoms with Crippen molar-refractivity contribution in [1.82, 2.24) is 5.32 Å². The molecule has 3 rings (SSSR count). The molecule has 136 valence electrons. The highest BCUT2D eigenvalue weighted by atomic mass is 35.5. The van der Waals surface area contributed by atoms with E-state index in [1.54, 1.807) is 24.3 Å². The molecule has 1 aliphatic heterocycles. The molecule has 2 aromatic rings. The number of esters is 1. The van der Waals surface area contributed by atoms with E-state index in [1.165, 1.54) is 11.8 Å². The van der Waals surface area contributed by atoms with Crippen LogP contribution in [0.25, 0.3) is 11.3 Å². The highest BCUT2D eigenvalue weighted by molar-refractivity contribution is 8.24. The smallest absolute Gasteiger partial charge is 0.339 e. The van der Waals surface area contributed by atoms with Gasteiger partial charge in [-0.2, -0.15) is 0 Å². The number of carbonyl (C=O) groups excluding carboxylic acids is 2. The maximum atomic E-state index is 12.1. The molecule has 0 aliphatic carbocycles. The predicted molar refractivity (Wildman–Crippen MR) is 106 cm³/mol. The fourth-order valence-electron chi connectivity index (χ4n) is 2.46. The summed E-state index contributed by atoms with van der Waals surface area (Å²) < 4.78 is 11.5. The second-order valence-corrected chi connectivity index (χ2v) is 7.97. The summed E-state index contributed by atoms with van der Waals surface area (Å²) in [6.45, 7) is 2.26. The fourth-order valence-corrected chi connectivity index (χ4v) is 3.94. The highest BCUT2D eigenvalue weighted by Gasteiger charge is 2.30. The zero-order chi connectivity index (χ0) is 18.7. The average Bonchev–Trinajstić information content (AvgIpc) is 3.20. The van der Waals surface area contributed by atoms with E-state index < -0.39 is 5.97 Å². The molecule has 2 heterocycles. The molecular formula is C18H16ClNO4S2. The molecule has 0 bridgehead atoms. The van der Waals surface area contributed by atoms with Gasteiger partial charge >= 0.3 is 5.97 Å². The zero-order valence-electron chi connectivity index (χ0n) is 13.9. The Kier molecular flexibility index (Phi) is 6.01. The molecule has 1 atom stereocenters. The maximum absolute atomic E-state index is 12.1. The van der Waals surface area contributed by atoms with Crippen molar-refractivity contribution in [3.8, 4) is 11.3 Å². The van der Waals surface area contributed by atoms with Gasteiger partial charge in [0, 0.05) is 12.0 Å². The van der Waals surface area contributed by atoms with E-state index in [0.717, 1.165) is 6.42 Å². The van der Waals surface area contributed by atoms with Crippen molar-refractivity contribution in [2.45, 2.75) is 25.0 Å². The number of thioether (sulfide) groups is 1. The lowest BCUT2D eigenvalue weighted by atomic mass is 10.1. The quantitative estimate of drug-likeness (QED) is 0.569. The number of hydrogen-bond donors (Lipinski definition) is 1. The summed E-state index contributed by atoms with van der Waals surface area (Å²) in [7, 11) is 0. The van der Waals surface area contributed by atoms with Gasteiger partial charge < -0.3 is 14.5 Å². The third kappa shape index (κ3) is 4.28. The Morgan fingerprint density at radius 3 is 2.88 bits per heavy atom. The SMILES string of the molecule is CCCOC(=O)c1cc(-c2ccc(CC3SC(=S)NC3=O)o2)ccc1Cl. The summed E-state index contributed by atoms with van der Waals surface area (Å²) in [6, 6.07) is 8.67. The topological polar surface area (TPSA) is 68.5 Å². The number of furan rings is 1. The number of hydrogen-bond acceptors (Lipinski definition) is 6. The number of ether oxygens (including phenoxy) is 1. The number of benzene rings is 1. The Morgan fingerprint density at radius 1 is 1.38 bits per heavy atom. The summed E-state index contributed by atoms with van der Waals surface area (Å²) >= 11 is 12.4. The minimum absolute atomic E-state index is 0.106. The van der Waals surface area contributed by atoms with Crippen LogP contribution in [-0.4, -0.2) is 28.1 Å². The molecule has 1 unspecified atom stereocenters. The largest absolute Gasteiger partial charge is 0.462 e. The Labute approximate surface area is 165 Å². The minimum Gasteiger partial charge on any atom is -0.462 e. The number of rotatable bonds is 6. The van der Waals surface area contributed by atoms with E-state index in [-0.39, 0.29) is 11.2 Å². The van der Waals surface area contributed by atoms with Crippen LogP contribution in [0, 0.1) is 0 Å². The van der Waals surface area contributed by atoms with E-state index in [1.807, 2.05) is 13.0 Å². The van der Waals surface area contributed by atoms with Gasteiger partial charge in [-0.05, 0) is 36.8 Å². The van der Waals surface area contributed by atoms with Crippen molar-refractivity contribution < 1.29 is 18.7 Å². The normalized spacial score (nSPS) is 16.6. The third-order valence-electron chi connectivity index (χ3n) is 3.72. The summed E-state index contributed by atoms with van der Waals surface area (Å²) in [5.41, 5.74) is 1.01. The molecule has 1 aliphatic rings. The highest BCUT2D eigenvalue weighted by Crippen LogP contribution is 2.29. The number of nitrogens with one attached hydrogen (secondary N) is 1. The van der Waals surface area contributed by atoms with Gasteiger partial charge in [0.1, 0.15) is 15.8 Å². The molecule has 1 saturated heterocycles. The van der Waals surface area contributed by atoms with Crippen LogP contribution < -0.4 is 5.32 Å². The lowest BCUT2D eigenvalue weighted by molar-refractivity contribution is -0.118. The molecule has 26 heavy (non-hydrogen) atoms. The van der Waals surface area contributed by atoms with Gasteiger partial charge in [-0.15, -0.1) is 0 Å². The monoisotopic (exact) mass is 409 g/mol. The van der Waals surface area contributed by atoms with Crippen LogP contribution in [0.3, 0.4) is 0 Å². The zero-order valence-corrected chi connectivity index (χ0v) is 16.3. The molecule has 8 heteroatoms. The number of amides is 1. The van der Waals surface area contributed by atoms with Crippen molar-refractivity contribution in [3.05, 3.63) is 46.7 Å². The standard InChI is InChI=1S/C18H16ClNO4S2/c1-2-7-23-17(22)12-8-10(3-5-13(12)19)14-6-4-11(24-14)9-15-16(21)20-18(25)26-15/h3-6,8,15H,2,7,9H2,1H3,(H,20,21,25). The fraction of sp³-hybridized carbons (Fsp3) is 0.278. The summed E-state index contributed by atoms with van der Waals surface area (Å²) in [5.74, 6) is 0.693. The van der Waals surface area contributed by atoms with Gasteiger partial charge in [-0.25, -0.2) is 4.79 Å². The summed E-state index contributed by atoms with van der Waals surface area (Å²) in [5, 5.41) is 2.66. The Balaban J connectivity index is 1.77. The van der Waals surface area contributed by atoms with Crippen molar-refractivity contribution in [1.29, 1.82) is 0 Å². The first-order chi connectivity index (χ1) is 12.5. The van der Waals surface area contributed by atoms with E-state index in [2.05, 4.69) is 5.32 Å². The molecule has 0 saturated carbocycles. The molecule has 0 spiro atoms. The van der Waals surface area contributed by atoms with Crippen molar-refractivity contribution in [3.63, 3.8) is 0 Å². The van der Waals surface area contributed by atoms with Crippen LogP contribution in [0.2, 0.25) is 5.02 Å². The first-order valence-electron chi connectivity index (χ1n) is 8.05. The van der Waals surface area contributed by atoms with Crippen LogP contribution in [0.4, 0.5) is 0 Å². The molecule has 1 fully saturated rings. The van der Waals surface area contributed by atoms with Crippen LogP contribution >= 0.6 is 35.6 Å². The molecule has 0 radical (unpaired) electrons. The van der Waals surface area contributed by atoms with Crippen molar-refractivity contribution >= 4 is 51.8 Å². The van der Waals surface area contributed by atoms with Crippen molar-refractivity contribution in [2.24, 2.45) is 0 Å². The van der Waals surface area contributed by atoms with Crippen LogP contribution in [0.15, 0.2) is 34.7 Å². The first kappa shape index (κ1) is 18.9. The van der Waals surface area contributed by atoms with E-state index >= 15 is 0 Å². The Hall–Kier alpha value is -1.83. The summed E-state index contributed by atoms with van der Waals surface area (Å²) in [6.07, 6.45) is 1.18. The van der Waals surface area contributed by atoms with Gasteiger partial charge in [-0.3, -0.25) is 4.79 Å². The number of halogens is 1. The maximum Gasteiger partial charge on any atom is 0.339 e. The van der Waals surface area contributed by atoms with Crippen LogP contribution in [0.1, 0.15) is 29.5 Å². The molecule has 1 aromatic heterocycles. The van der Waals surface area contributed by atoms with E-state index in [4.69, 9.17) is 33.0 Å². The molecule has 5 nitrogen and oxygen atoms in total. The number of carbonyl (C=O) groups is 2. The van der Waals surface area contributed by atoms with Gasteiger partial charge in [0.05, 0.1) is 22.4 Å². The molecular weight excluding hydrogens is 394 g/mol. The molecule has 1 amide bonds. The van der Waals surface area contributed by atoms with Gasteiger partial charge in [0.25, 0.3) is 0 Å². The van der Waals surface area contributed by atoms with E-state index in [9.17, 15) is 9.59 Å². The first-order valence-corrected chi connectivity index (χ1v) is 9.71.